The second-order valence-corrected chi connectivity index (χ2v) is 8.27. The molecule has 8 heteroatoms. The minimum absolute atomic E-state index is 0.0355. The number of carbonyl (C=O) groups is 2. The smallest absolute Gasteiger partial charge is 0.282 e. The van der Waals surface area contributed by atoms with Crippen molar-refractivity contribution in [2.24, 2.45) is 0 Å². The van der Waals surface area contributed by atoms with Gasteiger partial charge in [0.15, 0.2) is 11.5 Å². The Labute approximate surface area is 198 Å². The van der Waals surface area contributed by atoms with E-state index in [0.717, 1.165) is 10.0 Å². The van der Waals surface area contributed by atoms with Crippen LogP contribution in [0.3, 0.4) is 0 Å². The summed E-state index contributed by atoms with van der Waals surface area (Å²) in [7, 11) is 1.50. The summed E-state index contributed by atoms with van der Waals surface area (Å²) in [4.78, 5) is 25.5. The number of ether oxygens (including phenoxy) is 2. The maximum absolute atomic E-state index is 12.9. The van der Waals surface area contributed by atoms with Crippen LogP contribution in [-0.2, 0) is 16.2 Å². The van der Waals surface area contributed by atoms with Crippen molar-refractivity contribution in [3.05, 3.63) is 92.9 Å². The van der Waals surface area contributed by atoms with E-state index in [-0.39, 0.29) is 12.2 Å². The van der Waals surface area contributed by atoms with E-state index in [4.69, 9.17) is 21.1 Å². The maximum atomic E-state index is 12.9. The molecule has 0 saturated carbocycles. The SMILES string of the molecule is COc1cc(Cl)cc(/C=C2/C(=O)NN(c3ccccc3)C2=O)c1OCc1ccc(Br)cc1. The summed E-state index contributed by atoms with van der Waals surface area (Å²) < 4.78 is 12.4. The number of benzene rings is 3. The Hall–Kier alpha value is -3.29. The second kappa shape index (κ2) is 9.46. The van der Waals surface area contributed by atoms with Gasteiger partial charge in [-0.2, -0.15) is 0 Å². The van der Waals surface area contributed by atoms with E-state index in [1.165, 1.54) is 18.2 Å². The van der Waals surface area contributed by atoms with Crippen molar-refractivity contribution in [3.8, 4) is 11.5 Å². The molecule has 1 aliphatic rings. The Balaban J connectivity index is 1.68. The molecule has 162 valence electrons. The lowest BCUT2D eigenvalue weighted by atomic mass is 10.1. The molecule has 4 rings (SSSR count). The summed E-state index contributed by atoms with van der Waals surface area (Å²) >= 11 is 9.66. The summed E-state index contributed by atoms with van der Waals surface area (Å²) in [6, 6.07) is 19.8. The molecule has 3 aromatic carbocycles. The Morgan fingerprint density at radius 3 is 2.47 bits per heavy atom. The zero-order valence-corrected chi connectivity index (χ0v) is 19.3. The third kappa shape index (κ3) is 4.64. The summed E-state index contributed by atoms with van der Waals surface area (Å²) in [5, 5.41) is 1.59. The monoisotopic (exact) mass is 512 g/mol. The summed E-state index contributed by atoms with van der Waals surface area (Å²) in [6.45, 7) is 0.262. The molecule has 0 bridgehead atoms. The zero-order valence-electron chi connectivity index (χ0n) is 17.0. The number of hydrogen-bond acceptors (Lipinski definition) is 4. The largest absolute Gasteiger partial charge is 0.493 e. The van der Waals surface area contributed by atoms with E-state index < -0.39 is 11.8 Å². The van der Waals surface area contributed by atoms with Crippen molar-refractivity contribution in [2.75, 3.05) is 12.1 Å². The number of nitrogens with zero attached hydrogens (tertiary/aromatic N) is 1. The minimum Gasteiger partial charge on any atom is -0.493 e. The fourth-order valence-corrected chi connectivity index (χ4v) is 3.69. The van der Waals surface area contributed by atoms with Gasteiger partial charge in [-0.1, -0.05) is 57.9 Å². The quantitative estimate of drug-likeness (QED) is 0.366. The van der Waals surface area contributed by atoms with Gasteiger partial charge < -0.3 is 9.47 Å². The molecule has 0 spiro atoms. The summed E-state index contributed by atoms with van der Waals surface area (Å²) in [5.74, 6) is -0.214. The van der Waals surface area contributed by atoms with Gasteiger partial charge in [0.25, 0.3) is 11.8 Å². The van der Waals surface area contributed by atoms with Crippen LogP contribution in [-0.4, -0.2) is 18.9 Å². The molecule has 1 aliphatic heterocycles. The van der Waals surface area contributed by atoms with Crippen molar-refractivity contribution < 1.29 is 19.1 Å². The molecule has 0 unspecified atom stereocenters. The lowest BCUT2D eigenvalue weighted by Gasteiger charge is -2.15. The van der Waals surface area contributed by atoms with Crippen LogP contribution in [0.4, 0.5) is 5.69 Å². The normalized spacial score (nSPS) is 14.6. The fraction of sp³-hybridized carbons (Fsp3) is 0.0833. The number of hydrazine groups is 1. The highest BCUT2D eigenvalue weighted by Gasteiger charge is 2.34. The van der Waals surface area contributed by atoms with Gasteiger partial charge >= 0.3 is 0 Å². The number of amides is 2. The molecule has 6 nitrogen and oxygen atoms in total. The number of carbonyl (C=O) groups excluding carboxylic acids is 2. The third-order valence-corrected chi connectivity index (χ3v) is 5.52. The van der Waals surface area contributed by atoms with E-state index in [1.54, 1.807) is 36.4 Å². The number of methoxy groups -OCH3 is 1. The van der Waals surface area contributed by atoms with Crippen molar-refractivity contribution in [1.82, 2.24) is 5.43 Å². The molecule has 32 heavy (non-hydrogen) atoms. The lowest BCUT2D eigenvalue weighted by molar-refractivity contribution is -0.117. The molecule has 1 N–H and O–H groups in total. The van der Waals surface area contributed by atoms with Gasteiger partial charge in [-0.25, -0.2) is 5.01 Å². The lowest BCUT2D eigenvalue weighted by Crippen LogP contribution is -2.35. The fourth-order valence-electron chi connectivity index (χ4n) is 3.21. The number of hydrogen-bond donors (Lipinski definition) is 1. The third-order valence-electron chi connectivity index (χ3n) is 4.77. The number of rotatable bonds is 6. The van der Waals surface area contributed by atoms with Gasteiger partial charge in [0.05, 0.1) is 12.8 Å². The Morgan fingerprint density at radius 1 is 1.06 bits per heavy atom. The average molecular weight is 514 g/mol. The van der Waals surface area contributed by atoms with Crippen LogP contribution in [0.25, 0.3) is 6.08 Å². The molecule has 1 saturated heterocycles. The van der Waals surface area contributed by atoms with E-state index in [0.29, 0.717) is 27.8 Å². The van der Waals surface area contributed by atoms with E-state index >= 15 is 0 Å². The highest BCUT2D eigenvalue weighted by molar-refractivity contribution is 9.10. The van der Waals surface area contributed by atoms with Crippen LogP contribution in [0.2, 0.25) is 5.02 Å². The molecule has 2 amide bonds. The highest BCUT2D eigenvalue weighted by atomic mass is 79.9. The Bertz CT molecular complexity index is 1200. The van der Waals surface area contributed by atoms with E-state index in [9.17, 15) is 9.59 Å². The molecular formula is C24H18BrClN2O4. The van der Waals surface area contributed by atoms with Crippen molar-refractivity contribution >= 4 is 51.1 Å². The standard InChI is InChI=1S/C24H18BrClN2O4/c1-31-21-13-18(26)11-16(22(21)32-14-15-7-9-17(25)10-8-15)12-20-23(29)27-28(24(20)30)19-5-3-2-4-6-19/h2-13H,14H2,1H3,(H,27,29)/b20-12-. The number of para-hydroxylation sites is 1. The van der Waals surface area contributed by atoms with Crippen molar-refractivity contribution in [3.63, 3.8) is 0 Å². The number of halogens is 2. The molecule has 0 radical (unpaired) electrons. The number of anilines is 1. The van der Waals surface area contributed by atoms with Crippen LogP contribution in [0, 0.1) is 0 Å². The first-order valence-electron chi connectivity index (χ1n) is 9.63. The second-order valence-electron chi connectivity index (χ2n) is 6.92. The van der Waals surface area contributed by atoms with Crippen LogP contribution in [0.5, 0.6) is 11.5 Å². The summed E-state index contributed by atoms with van der Waals surface area (Å²) in [6.07, 6.45) is 1.46. The summed E-state index contributed by atoms with van der Waals surface area (Å²) in [5.41, 5.74) is 4.50. The van der Waals surface area contributed by atoms with Gasteiger partial charge in [0, 0.05) is 21.1 Å². The van der Waals surface area contributed by atoms with Gasteiger partial charge in [0.2, 0.25) is 0 Å². The molecule has 1 fully saturated rings. The Kier molecular flexibility index (Phi) is 6.48. The van der Waals surface area contributed by atoms with Crippen LogP contribution < -0.4 is 19.9 Å². The molecular weight excluding hydrogens is 496 g/mol. The van der Waals surface area contributed by atoms with Gasteiger partial charge in [-0.05, 0) is 42.0 Å². The first-order valence-corrected chi connectivity index (χ1v) is 10.8. The van der Waals surface area contributed by atoms with E-state index in [1.807, 2.05) is 30.3 Å². The maximum Gasteiger partial charge on any atom is 0.282 e. The van der Waals surface area contributed by atoms with Gasteiger partial charge in [0.1, 0.15) is 12.2 Å². The van der Waals surface area contributed by atoms with E-state index in [2.05, 4.69) is 21.4 Å². The van der Waals surface area contributed by atoms with Crippen LogP contribution in [0.15, 0.2) is 76.8 Å². The topological polar surface area (TPSA) is 67.9 Å². The van der Waals surface area contributed by atoms with Crippen LogP contribution in [0.1, 0.15) is 11.1 Å². The zero-order chi connectivity index (χ0) is 22.7. The minimum atomic E-state index is -0.517. The first kappa shape index (κ1) is 21.9. The van der Waals surface area contributed by atoms with Gasteiger partial charge in [-0.15, -0.1) is 0 Å². The first-order chi connectivity index (χ1) is 15.5. The predicted molar refractivity (Wildman–Crippen MR) is 127 cm³/mol. The molecule has 0 aliphatic carbocycles. The molecule has 0 atom stereocenters. The molecule has 1 heterocycles. The van der Waals surface area contributed by atoms with Gasteiger partial charge in [-0.3, -0.25) is 15.0 Å². The average Bonchev–Trinajstić information content (AvgIpc) is 3.08. The van der Waals surface area contributed by atoms with Crippen molar-refractivity contribution in [1.29, 1.82) is 0 Å². The molecule has 0 aromatic heterocycles. The molecule has 3 aromatic rings. The predicted octanol–water partition coefficient (Wildman–Crippen LogP) is 5.15. The van der Waals surface area contributed by atoms with Crippen LogP contribution >= 0.6 is 27.5 Å². The van der Waals surface area contributed by atoms with Crippen molar-refractivity contribution in [2.45, 2.75) is 6.61 Å². The number of nitrogens with one attached hydrogen (secondary N) is 1. The Morgan fingerprint density at radius 2 is 1.78 bits per heavy atom. The highest BCUT2D eigenvalue weighted by Crippen LogP contribution is 2.37.